The van der Waals surface area contributed by atoms with Gasteiger partial charge in [-0.1, -0.05) is 11.6 Å². The molecule has 0 aromatic carbocycles. The molecule has 0 unspecified atom stereocenters. The van der Waals surface area contributed by atoms with E-state index in [-0.39, 0.29) is 5.56 Å². The Bertz CT molecular complexity index is 559. The van der Waals surface area contributed by atoms with Crippen molar-refractivity contribution >= 4 is 34.7 Å². The molecule has 0 fully saturated rings. The fourth-order valence-corrected chi connectivity index (χ4v) is 2.32. The molecule has 18 heavy (non-hydrogen) atoms. The summed E-state index contributed by atoms with van der Waals surface area (Å²) in [4.78, 5) is 20.8. The first kappa shape index (κ1) is 12.8. The Kier molecular flexibility index (Phi) is 3.78. The summed E-state index contributed by atoms with van der Waals surface area (Å²) in [6.07, 6.45) is 1.29. The van der Waals surface area contributed by atoms with Crippen molar-refractivity contribution in [3.63, 3.8) is 0 Å². The van der Waals surface area contributed by atoms with E-state index in [1.165, 1.54) is 23.6 Å². The summed E-state index contributed by atoms with van der Waals surface area (Å²) in [5, 5.41) is 11.1. The van der Waals surface area contributed by atoms with Gasteiger partial charge in [-0.2, -0.15) is 0 Å². The Balaban J connectivity index is 2.20. The number of carboxylic acids is 1. The van der Waals surface area contributed by atoms with Crippen molar-refractivity contribution in [2.45, 2.75) is 6.54 Å². The van der Waals surface area contributed by atoms with Crippen LogP contribution in [0.25, 0.3) is 0 Å². The number of carbonyl (C=O) groups is 1. The summed E-state index contributed by atoms with van der Waals surface area (Å²) in [6, 6.07) is 1.39. The lowest BCUT2D eigenvalue weighted by molar-refractivity contribution is 0.0696. The van der Waals surface area contributed by atoms with Crippen molar-refractivity contribution in [3.8, 4) is 0 Å². The largest absolute Gasteiger partial charge is 0.478 e. The predicted octanol–water partition coefficient (Wildman–Crippen LogP) is 2.53. The molecule has 94 valence electrons. The van der Waals surface area contributed by atoms with E-state index in [4.69, 9.17) is 16.7 Å². The summed E-state index contributed by atoms with van der Waals surface area (Å²) < 4.78 is 0. The van der Waals surface area contributed by atoms with Gasteiger partial charge >= 0.3 is 5.97 Å². The molecule has 5 nitrogen and oxygen atoms in total. The molecule has 0 amide bonds. The number of pyridine rings is 1. The van der Waals surface area contributed by atoms with Crippen molar-refractivity contribution in [2.24, 2.45) is 0 Å². The van der Waals surface area contributed by atoms with Gasteiger partial charge in [0.05, 0.1) is 28.3 Å². The number of aromatic nitrogens is 2. The molecule has 0 atom stereocenters. The highest BCUT2D eigenvalue weighted by Gasteiger charge is 2.12. The Morgan fingerprint density at radius 3 is 2.89 bits per heavy atom. The molecule has 0 bridgehead atoms. The second-order valence-corrected chi connectivity index (χ2v) is 4.80. The molecule has 2 aromatic heterocycles. The van der Waals surface area contributed by atoms with Gasteiger partial charge in [-0.05, 0) is 6.07 Å². The minimum atomic E-state index is -1.04. The smallest absolute Gasteiger partial charge is 0.337 e. The average Bonchev–Trinajstić information content (AvgIpc) is 2.81. The van der Waals surface area contributed by atoms with Crippen molar-refractivity contribution in [1.29, 1.82) is 0 Å². The summed E-state index contributed by atoms with van der Waals surface area (Å²) >= 11 is 7.54. The lowest BCUT2D eigenvalue weighted by atomic mass is 10.3. The Morgan fingerprint density at radius 2 is 2.33 bits per heavy atom. The van der Waals surface area contributed by atoms with Crippen LogP contribution in [0.3, 0.4) is 0 Å². The van der Waals surface area contributed by atoms with Crippen molar-refractivity contribution in [1.82, 2.24) is 9.97 Å². The van der Waals surface area contributed by atoms with E-state index in [1.807, 2.05) is 17.3 Å². The van der Waals surface area contributed by atoms with Crippen molar-refractivity contribution in [2.75, 3.05) is 11.9 Å². The van der Waals surface area contributed by atoms with Gasteiger partial charge in [-0.3, -0.25) is 0 Å². The molecule has 0 saturated carbocycles. The van der Waals surface area contributed by atoms with Crippen LogP contribution < -0.4 is 4.90 Å². The number of anilines is 1. The normalized spacial score (nSPS) is 10.3. The van der Waals surface area contributed by atoms with E-state index in [0.29, 0.717) is 17.4 Å². The highest BCUT2D eigenvalue weighted by Crippen LogP contribution is 2.24. The summed E-state index contributed by atoms with van der Waals surface area (Å²) in [5.41, 5.74) is 2.75. The number of thiazole rings is 1. The molecule has 0 spiro atoms. The Morgan fingerprint density at radius 1 is 1.56 bits per heavy atom. The average molecular weight is 284 g/mol. The third-order valence-electron chi connectivity index (χ3n) is 2.31. The molecule has 0 aliphatic heterocycles. The molecule has 0 aliphatic carbocycles. The number of aromatic carboxylic acids is 1. The number of rotatable bonds is 4. The zero-order valence-corrected chi connectivity index (χ0v) is 11.1. The first-order valence-corrected chi connectivity index (χ1v) is 6.37. The molecule has 0 saturated heterocycles. The zero-order valence-electron chi connectivity index (χ0n) is 9.50. The topological polar surface area (TPSA) is 66.3 Å². The van der Waals surface area contributed by atoms with E-state index in [0.717, 1.165) is 5.69 Å². The van der Waals surface area contributed by atoms with Crippen LogP contribution in [0.1, 0.15) is 16.1 Å². The van der Waals surface area contributed by atoms with E-state index >= 15 is 0 Å². The summed E-state index contributed by atoms with van der Waals surface area (Å²) in [5.74, 6) is -0.507. The predicted molar refractivity (Wildman–Crippen MR) is 70.4 cm³/mol. The molecule has 0 radical (unpaired) electrons. The van der Waals surface area contributed by atoms with Crippen LogP contribution in [0.15, 0.2) is 23.2 Å². The van der Waals surface area contributed by atoms with Gasteiger partial charge in [0.1, 0.15) is 5.82 Å². The molecular formula is C11H10ClN3O2S. The monoisotopic (exact) mass is 283 g/mol. The van der Waals surface area contributed by atoms with Gasteiger partial charge in [-0.15, -0.1) is 11.3 Å². The fourth-order valence-electron chi connectivity index (χ4n) is 1.46. The lowest BCUT2D eigenvalue weighted by Crippen LogP contribution is -2.18. The molecule has 2 aromatic rings. The maximum Gasteiger partial charge on any atom is 0.337 e. The van der Waals surface area contributed by atoms with Crippen LogP contribution in [-0.4, -0.2) is 28.1 Å². The van der Waals surface area contributed by atoms with E-state index < -0.39 is 5.97 Å². The maximum atomic E-state index is 10.8. The SMILES string of the molecule is CN(Cc1cscn1)c1ncc(C(=O)O)cc1Cl. The quantitative estimate of drug-likeness (QED) is 0.934. The van der Waals surface area contributed by atoms with Crippen molar-refractivity contribution in [3.05, 3.63) is 39.4 Å². The standard InChI is InChI=1S/C11H10ClN3O2S/c1-15(4-8-5-18-6-14-8)10-9(12)2-7(3-13-10)11(16)17/h2-3,5-6H,4H2,1H3,(H,16,17). The minimum Gasteiger partial charge on any atom is -0.478 e. The molecule has 2 heterocycles. The minimum absolute atomic E-state index is 0.0748. The van der Waals surface area contributed by atoms with Crippen LogP contribution >= 0.6 is 22.9 Å². The van der Waals surface area contributed by atoms with Gasteiger partial charge in [0.15, 0.2) is 0 Å². The van der Waals surface area contributed by atoms with Gasteiger partial charge < -0.3 is 10.0 Å². The second kappa shape index (κ2) is 5.32. The molecular weight excluding hydrogens is 274 g/mol. The summed E-state index contributed by atoms with van der Waals surface area (Å²) in [7, 11) is 1.83. The fraction of sp³-hybridized carbons (Fsp3) is 0.182. The van der Waals surface area contributed by atoms with Crippen LogP contribution in [0.4, 0.5) is 5.82 Å². The second-order valence-electron chi connectivity index (χ2n) is 3.67. The Hall–Kier alpha value is -1.66. The first-order valence-electron chi connectivity index (χ1n) is 5.05. The number of halogens is 1. The highest BCUT2D eigenvalue weighted by molar-refractivity contribution is 7.07. The zero-order chi connectivity index (χ0) is 13.1. The third-order valence-corrected chi connectivity index (χ3v) is 3.23. The van der Waals surface area contributed by atoms with Crippen LogP contribution in [0.2, 0.25) is 5.02 Å². The number of hydrogen-bond acceptors (Lipinski definition) is 5. The molecule has 0 aliphatic rings. The number of carboxylic acid groups (broad SMARTS) is 1. The van der Waals surface area contributed by atoms with Crippen LogP contribution in [0.5, 0.6) is 0 Å². The third kappa shape index (κ3) is 2.77. The Labute approximate surface area is 113 Å². The highest BCUT2D eigenvalue weighted by atomic mass is 35.5. The van der Waals surface area contributed by atoms with Gasteiger partial charge in [0, 0.05) is 18.6 Å². The van der Waals surface area contributed by atoms with Gasteiger partial charge in [-0.25, -0.2) is 14.8 Å². The van der Waals surface area contributed by atoms with E-state index in [2.05, 4.69) is 9.97 Å². The van der Waals surface area contributed by atoms with Gasteiger partial charge in [0.25, 0.3) is 0 Å². The lowest BCUT2D eigenvalue weighted by Gasteiger charge is -2.18. The van der Waals surface area contributed by atoms with Crippen molar-refractivity contribution < 1.29 is 9.90 Å². The van der Waals surface area contributed by atoms with E-state index in [9.17, 15) is 4.79 Å². The number of nitrogens with zero attached hydrogens (tertiary/aromatic N) is 3. The van der Waals surface area contributed by atoms with E-state index in [1.54, 1.807) is 5.51 Å². The van der Waals surface area contributed by atoms with Gasteiger partial charge in [0.2, 0.25) is 0 Å². The summed E-state index contributed by atoms with van der Waals surface area (Å²) in [6.45, 7) is 0.572. The van der Waals surface area contributed by atoms with Crippen LogP contribution in [0, 0.1) is 0 Å². The molecule has 2 rings (SSSR count). The first-order chi connectivity index (χ1) is 8.58. The van der Waals surface area contributed by atoms with Crippen LogP contribution in [-0.2, 0) is 6.54 Å². The maximum absolute atomic E-state index is 10.8. The molecule has 7 heteroatoms. The number of hydrogen-bond donors (Lipinski definition) is 1. The molecule has 1 N–H and O–H groups in total.